The molecule has 6 aromatic rings. The van der Waals surface area contributed by atoms with E-state index in [1.54, 1.807) is 0 Å². The number of anilines is 4. The first-order chi connectivity index (χ1) is 22.7. The molecular formula is C36H32F6N5P. The van der Waals surface area contributed by atoms with Crippen LogP contribution in [0, 0.1) is 0 Å². The summed E-state index contributed by atoms with van der Waals surface area (Å²) in [6, 6.07) is 43.7. The molecule has 6 aromatic carbocycles. The Morgan fingerprint density at radius 2 is 0.729 bits per heavy atom. The second-order valence-corrected chi connectivity index (χ2v) is 13.9. The van der Waals surface area contributed by atoms with Gasteiger partial charge in [-0.1, -0.05) is 97.1 Å². The average Bonchev–Trinajstić information content (AvgIpc) is 3.04. The summed E-state index contributed by atoms with van der Waals surface area (Å²) in [6.45, 7) is 1.89. The smallest absolute Gasteiger partial charge is 0.123 e. The SMILES string of the molecule is F[P-](F)(F)(F)(F)F.c1cc2c3c(cccc3c1)NC(c1ccc(C[NH2+]Cc3ccc(C4Nc5cccc6cccc(c56)N4)cc3)cc1)N2. The minimum absolute atomic E-state index is 0.0570. The van der Waals surface area contributed by atoms with Crippen molar-refractivity contribution < 1.29 is 30.5 Å². The van der Waals surface area contributed by atoms with E-state index in [1.807, 2.05) is 0 Å². The summed E-state index contributed by atoms with van der Waals surface area (Å²) in [5.41, 5.74) is 9.86. The van der Waals surface area contributed by atoms with Crippen molar-refractivity contribution in [2.45, 2.75) is 25.4 Å². The van der Waals surface area contributed by atoms with Crippen molar-refractivity contribution in [1.82, 2.24) is 0 Å². The molecule has 0 aliphatic carbocycles. The van der Waals surface area contributed by atoms with Gasteiger partial charge in [0.25, 0.3) is 0 Å². The van der Waals surface area contributed by atoms with E-state index >= 15 is 0 Å². The van der Waals surface area contributed by atoms with E-state index in [4.69, 9.17) is 0 Å². The van der Waals surface area contributed by atoms with Gasteiger partial charge in [-0.2, -0.15) is 0 Å². The minimum Gasteiger partial charge on any atom is -0.361 e. The number of nitrogens with two attached hydrogens (primary N) is 1. The zero-order valence-corrected chi connectivity index (χ0v) is 26.3. The second kappa shape index (κ2) is 11.3. The van der Waals surface area contributed by atoms with Crippen LogP contribution in [-0.2, 0) is 13.1 Å². The van der Waals surface area contributed by atoms with E-state index in [0.29, 0.717) is 0 Å². The molecule has 6 N–H and O–H groups in total. The molecule has 0 bridgehead atoms. The van der Waals surface area contributed by atoms with Crippen molar-refractivity contribution in [3.05, 3.63) is 144 Å². The van der Waals surface area contributed by atoms with Gasteiger partial charge in [-0.05, 0) is 46.2 Å². The zero-order valence-electron chi connectivity index (χ0n) is 25.4. The van der Waals surface area contributed by atoms with Gasteiger partial charge in [0.2, 0.25) is 0 Å². The molecule has 0 aromatic heterocycles. The van der Waals surface area contributed by atoms with Crippen LogP contribution in [0.1, 0.15) is 34.6 Å². The first-order valence-corrected chi connectivity index (χ1v) is 17.4. The maximum Gasteiger partial charge on any atom is 0.123 e. The van der Waals surface area contributed by atoms with E-state index < -0.39 is 7.81 Å². The van der Waals surface area contributed by atoms with Gasteiger partial charge in [0, 0.05) is 44.6 Å². The van der Waals surface area contributed by atoms with Crippen LogP contribution in [0.2, 0.25) is 0 Å². The van der Waals surface area contributed by atoms with E-state index in [9.17, 15) is 25.2 Å². The largest absolute Gasteiger partial charge is 0.361 e. The number of benzene rings is 6. The van der Waals surface area contributed by atoms with Gasteiger partial charge in [-0.3, -0.25) is 0 Å². The van der Waals surface area contributed by atoms with Gasteiger partial charge < -0.3 is 26.6 Å². The molecule has 12 heteroatoms. The zero-order chi connectivity index (χ0) is 33.6. The van der Waals surface area contributed by atoms with Crippen LogP contribution < -0.4 is 26.6 Å². The summed E-state index contributed by atoms with van der Waals surface area (Å²) in [4.78, 5) is 0. The van der Waals surface area contributed by atoms with E-state index in [-0.39, 0.29) is 12.3 Å². The monoisotopic (exact) mass is 679 g/mol. The molecule has 0 unspecified atom stereocenters. The maximum absolute atomic E-state index is 10.7. The fourth-order valence-electron chi connectivity index (χ4n) is 6.29. The first kappa shape index (κ1) is 31.6. The third-order valence-electron chi connectivity index (χ3n) is 8.39. The summed E-state index contributed by atoms with van der Waals surface area (Å²) in [5, 5.41) is 22.1. The van der Waals surface area contributed by atoms with E-state index in [1.165, 1.54) is 66.5 Å². The first-order valence-electron chi connectivity index (χ1n) is 15.4. The molecule has 0 amide bonds. The Morgan fingerprint density at radius 1 is 0.438 bits per heavy atom. The average molecular weight is 680 g/mol. The molecule has 0 saturated heterocycles. The van der Waals surface area contributed by atoms with Crippen LogP contribution in [0.4, 0.5) is 47.9 Å². The number of rotatable bonds is 6. The number of halogens is 6. The Kier molecular flexibility index (Phi) is 7.45. The Hall–Kier alpha value is -4.99. The quantitative estimate of drug-likeness (QED) is 0.0898. The molecule has 0 radical (unpaired) electrons. The predicted octanol–water partition coefficient (Wildman–Crippen LogP) is 10.7. The molecule has 248 valence electrons. The fraction of sp³-hybridized carbons (Fsp3) is 0.111. The number of hydrogen-bond donors (Lipinski definition) is 5. The van der Waals surface area contributed by atoms with Crippen molar-refractivity contribution in [3.63, 3.8) is 0 Å². The standard InChI is InChI=1S/C36H31N5.F6P/c1-5-25-6-2-10-30-33(25)29(9-1)38-35(39-30)27-17-13-23(14-18-27)21-37-22-24-15-19-28(20-16-24)36-40-31-11-3-7-26-8-4-12-32(41-36)34(26)31;1-7(2,3,4,5)6/h1-20,35-41H,21-22H2;/q;-1/p+1. The van der Waals surface area contributed by atoms with Gasteiger partial charge in [-0.15, -0.1) is 0 Å². The predicted molar refractivity (Wildman–Crippen MR) is 184 cm³/mol. The van der Waals surface area contributed by atoms with Crippen molar-refractivity contribution >= 4 is 52.1 Å². The Balaban J connectivity index is 0.000000473. The fourth-order valence-corrected chi connectivity index (χ4v) is 6.29. The van der Waals surface area contributed by atoms with E-state index in [0.717, 1.165) is 13.1 Å². The molecule has 2 aliphatic heterocycles. The number of quaternary nitrogens is 1. The third kappa shape index (κ3) is 7.59. The molecule has 0 atom stereocenters. The normalized spacial score (nSPS) is 15.5. The topological polar surface area (TPSA) is 64.7 Å². The number of hydrogen-bond acceptors (Lipinski definition) is 4. The molecule has 2 aliphatic rings. The van der Waals surface area contributed by atoms with Crippen molar-refractivity contribution in [2.24, 2.45) is 0 Å². The van der Waals surface area contributed by atoms with Crippen LogP contribution >= 0.6 is 7.81 Å². The van der Waals surface area contributed by atoms with E-state index in [2.05, 4.69) is 148 Å². The molecular weight excluding hydrogens is 647 g/mol. The summed E-state index contributed by atoms with van der Waals surface area (Å²) in [6.07, 6.45) is 0.114. The molecule has 5 nitrogen and oxygen atoms in total. The molecule has 0 spiro atoms. The molecule has 8 rings (SSSR count). The van der Waals surface area contributed by atoms with Crippen molar-refractivity contribution in [2.75, 3.05) is 21.3 Å². The van der Waals surface area contributed by atoms with Crippen LogP contribution in [0.15, 0.2) is 121 Å². The van der Waals surface area contributed by atoms with Crippen molar-refractivity contribution in [1.29, 1.82) is 0 Å². The van der Waals surface area contributed by atoms with Crippen LogP contribution in [0.25, 0.3) is 21.5 Å². The maximum atomic E-state index is 9.87. The Morgan fingerprint density at radius 3 is 1.02 bits per heavy atom. The summed E-state index contributed by atoms with van der Waals surface area (Å²) in [5.74, 6) is 0. The number of nitrogens with one attached hydrogen (secondary N) is 4. The summed E-state index contributed by atoms with van der Waals surface area (Å²) < 4.78 is 59.2. The second-order valence-electron chi connectivity index (χ2n) is 12.0. The minimum atomic E-state index is -10.7. The van der Waals surface area contributed by atoms with Gasteiger partial charge >= 0.3 is 33.0 Å². The van der Waals surface area contributed by atoms with Gasteiger partial charge in [-0.25, -0.2) is 0 Å². The molecule has 2 heterocycles. The van der Waals surface area contributed by atoms with Crippen LogP contribution in [-0.4, -0.2) is 0 Å². The summed E-state index contributed by atoms with van der Waals surface area (Å²) in [7, 11) is -10.7. The Bertz CT molecular complexity index is 1890. The molecule has 0 fully saturated rings. The van der Waals surface area contributed by atoms with Gasteiger partial charge in [0.1, 0.15) is 25.4 Å². The molecule has 48 heavy (non-hydrogen) atoms. The van der Waals surface area contributed by atoms with Crippen LogP contribution in [0.5, 0.6) is 0 Å². The van der Waals surface area contributed by atoms with Crippen molar-refractivity contribution in [3.8, 4) is 0 Å². The van der Waals surface area contributed by atoms with Crippen LogP contribution in [0.3, 0.4) is 0 Å². The summed E-state index contributed by atoms with van der Waals surface area (Å²) >= 11 is 0. The third-order valence-corrected chi connectivity index (χ3v) is 8.39. The molecule has 0 saturated carbocycles. The van der Waals surface area contributed by atoms with Gasteiger partial charge in [0.05, 0.1) is 0 Å². The Labute approximate surface area is 272 Å². The van der Waals surface area contributed by atoms with Gasteiger partial charge in [0.15, 0.2) is 0 Å².